The highest BCUT2D eigenvalue weighted by atomic mass is 16.5. The van der Waals surface area contributed by atoms with Crippen LogP contribution in [0.5, 0.6) is 5.75 Å². The van der Waals surface area contributed by atoms with Gasteiger partial charge in [0.05, 0.1) is 30.0 Å². The van der Waals surface area contributed by atoms with Crippen molar-refractivity contribution in [3.8, 4) is 17.0 Å². The van der Waals surface area contributed by atoms with E-state index >= 15 is 0 Å². The predicted octanol–water partition coefficient (Wildman–Crippen LogP) is 4.59. The first-order valence-corrected chi connectivity index (χ1v) is 12.5. The lowest BCUT2D eigenvalue weighted by Gasteiger charge is -2.35. The Kier molecular flexibility index (Phi) is 6.65. The van der Waals surface area contributed by atoms with E-state index in [2.05, 4.69) is 18.9 Å². The fourth-order valence-corrected chi connectivity index (χ4v) is 4.79. The van der Waals surface area contributed by atoms with Crippen LogP contribution >= 0.6 is 0 Å². The Hall–Kier alpha value is -4.20. The lowest BCUT2D eigenvalue weighted by Crippen LogP contribution is -2.50. The van der Waals surface area contributed by atoms with Crippen molar-refractivity contribution in [3.05, 3.63) is 77.5 Å². The van der Waals surface area contributed by atoms with Crippen molar-refractivity contribution in [1.82, 2.24) is 24.6 Å². The minimum Gasteiger partial charge on any atom is -0.497 e. The number of piperazine rings is 1. The number of aryl methyl sites for hydroxylation is 1. The smallest absolute Gasteiger partial charge is 0.254 e. The fraction of sp³-hybridized carbons (Fsp3) is 0.310. The largest absolute Gasteiger partial charge is 0.497 e. The first kappa shape index (κ1) is 24.5. The van der Waals surface area contributed by atoms with Gasteiger partial charge in [-0.25, -0.2) is 9.67 Å². The third kappa shape index (κ3) is 4.67. The molecule has 0 spiro atoms. The number of benzene rings is 2. The highest BCUT2D eigenvalue weighted by Gasteiger charge is 2.28. The van der Waals surface area contributed by atoms with Gasteiger partial charge in [0, 0.05) is 43.3 Å². The van der Waals surface area contributed by atoms with Crippen LogP contribution in [0, 0.1) is 6.92 Å². The highest BCUT2D eigenvalue weighted by Crippen LogP contribution is 2.29. The minimum atomic E-state index is -0.0704. The molecule has 0 atom stereocenters. The van der Waals surface area contributed by atoms with Gasteiger partial charge in [-0.15, -0.1) is 0 Å². The molecule has 1 aliphatic rings. The van der Waals surface area contributed by atoms with Crippen LogP contribution in [0.25, 0.3) is 22.3 Å². The van der Waals surface area contributed by atoms with Gasteiger partial charge < -0.3 is 14.5 Å². The zero-order chi connectivity index (χ0) is 26.1. The molecule has 2 aromatic heterocycles. The van der Waals surface area contributed by atoms with E-state index in [1.807, 2.05) is 59.0 Å². The monoisotopic (exact) mass is 497 g/mol. The molecule has 0 N–H and O–H groups in total. The predicted molar refractivity (Wildman–Crippen MR) is 143 cm³/mol. The molecule has 0 saturated carbocycles. The Balaban J connectivity index is 1.43. The molecule has 8 heteroatoms. The van der Waals surface area contributed by atoms with Gasteiger partial charge in [0.15, 0.2) is 5.65 Å². The first-order chi connectivity index (χ1) is 17.9. The highest BCUT2D eigenvalue weighted by molar-refractivity contribution is 6.06. The summed E-state index contributed by atoms with van der Waals surface area (Å²) in [5, 5.41) is 5.29. The summed E-state index contributed by atoms with van der Waals surface area (Å²) in [7, 11) is 1.58. The van der Waals surface area contributed by atoms with Crippen molar-refractivity contribution in [2.75, 3.05) is 33.3 Å². The number of carbonyl (C=O) groups is 2. The standard InChI is InChI=1S/C29H31N5O3/c1-19(2)34-27-25(18-30-34)24(17-26(31-27)23-11-6-5-8-20(23)3)29(36)33-14-12-32(13-15-33)28(35)21-9-7-10-22(16-21)37-4/h5-11,16-19H,12-15H2,1-4H3. The van der Waals surface area contributed by atoms with Crippen LogP contribution in [0.2, 0.25) is 0 Å². The van der Waals surface area contributed by atoms with Gasteiger partial charge in [-0.05, 0) is 50.6 Å². The quantitative estimate of drug-likeness (QED) is 0.403. The summed E-state index contributed by atoms with van der Waals surface area (Å²) in [5.41, 5.74) is 4.70. The van der Waals surface area contributed by atoms with Crippen LogP contribution in [0.3, 0.4) is 0 Å². The van der Waals surface area contributed by atoms with Crippen LogP contribution < -0.4 is 4.74 Å². The van der Waals surface area contributed by atoms with Crippen molar-refractivity contribution in [2.24, 2.45) is 0 Å². The van der Waals surface area contributed by atoms with E-state index in [4.69, 9.17) is 9.72 Å². The van der Waals surface area contributed by atoms with Crippen LogP contribution in [-0.4, -0.2) is 69.7 Å². The lowest BCUT2D eigenvalue weighted by molar-refractivity contribution is 0.0536. The normalized spacial score (nSPS) is 13.9. The molecule has 1 aliphatic heterocycles. The van der Waals surface area contributed by atoms with Gasteiger partial charge in [-0.2, -0.15) is 5.10 Å². The van der Waals surface area contributed by atoms with Crippen LogP contribution in [0.1, 0.15) is 46.2 Å². The molecule has 1 saturated heterocycles. The van der Waals surface area contributed by atoms with Gasteiger partial charge in [-0.3, -0.25) is 9.59 Å². The molecular formula is C29H31N5O3. The van der Waals surface area contributed by atoms with Crippen LogP contribution in [-0.2, 0) is 0 Å². The molecule has 3 heterocycles. The summed E-state index contributed by atoms with van der Waals surface area (Å²) >= 11 is 0. The second-order valence-corrected chi connectivity index (χ2v) is 9.61. The molecule has 1 fully saturated rings. The molecule has 4 aromatic rings. The number of hydrogen-bond acceptors (Lipinski definition) is 5. The van der Waals surface area contributed by atoms with E-state index in [1.165, 1.54) is 0 Å². The molecule has 2 amide bonds. The molecule has 8 nitrogen and oxygen atoms in total. The summed E-state index contributed by atoms with van der Waals surface area (Å²) in [5.74, 6) is 0.518. The second kappa shape index (κ2) is 10.0. The van der Waals surface area contributed by atoms with Crippen LogP contribution in [0.4, 0.5) is 0 Å². The Morgan fingerprint density at radius 2 is 1.62 bits per heavy atom. The molecule has 0 aliphatic carbocycles. The topological polar surface area (TPSA) is 80.6 Å². The number of carbonyl (C=O) groups excluding carboxylic acids is 2. The van der Waals surface area contributed by atoms with E-state index in [9.17, 15) is 9.59 Å². The Morgan fingerprint density at radius 1 is 0.919 bits per heavy atom. The van der Waals surface area contributed by atoms with Gasteiger partial charge in [-0.1, -0.05) is 30.3 Å². The summed E-state index contributed by atoms with van der Waals surface area (Å²) < 4.78 is 7.11. The van der Waals surface area contributed by atoms with E-state index in [1.54, 1.807) is 30.3 Å². The van der Waals surface area contributed by atoms with Crippen molar-refractivity contribution >= 4 is 22.8 Å². The van der Waals surface area contributed by atoms with Crippen molar-refractivity contribution in [3.63, 3.8) is 0 Å². The zero-order valence-corrected chi connectivity index (χ0v) is 21.6. The Bertz CT molecular complexity index is 1470. The van der Waals surface area contributed by atoms with Gasteiger partial charge in [0.1, 0.15) is 5.75 Å². The number of pyridine rings is 1. The summed E-state index contributed by atoms with van der Waals surface area (Å²) in [6.45, 7) is 7.98. The number of fused-ring (bicyclic) bond motifs is 1. The molecule has 0 radical (unpaired) electrons. The summed E-state index contributed by atoms with van der Waals surface area (Å²) in [6.07, 6.45) is 1.74. The average molecular weight is 498 g/mol. The molecule has 0 unspecified atom stereocenters. The second-order valence-electron chi connectivity index (χ2n) is 9.61. The maximum atomic E-state index is 13.8. The molecule has 37 heavy (non-hydrogen) atoms. The lowest BCUT2D eigenvalue weighted by atomic mass is 10.0. The number of aromatic nitrogens is 3. The molecule has 2 aromatic carbocycles. The molecule has 0 bridgehead atoms. The van der Waals surface area contributed by atoms with Gasteiger partial charge in [0.25, 0.3) is 11.8 Å². The van der Waals surface area contributed by atoms with E-state index in [-0.39, 0.29) is 17.9 Å². The SMILES string of the molecule is COc1cccc(C(=O)N2CCN(C(=O)c3cc(-c4ccccc4C)nc4c3cnn4C(C)C)CC2)c1. The van der Waals surface area contributed by atoms with Gasteiger partial charge >= 0.3 is 0 Å². The number of amides is 2. The molecule has 5 rings (SSSR count). The Labute approximate surface area is 216 Å². The summed E-state index contributed by atoms with van der Waals surface area (Å²) in [4.78, 5) is 35.4. The fourth-order valence-electron chi connectivity index (χ4n) is 4.79. The number of ether oxygens (including phenoxy) is 1. The average Bonchev–Trinajstić information content (AvgIpc) is 3.36. The van der Waals surface area contributed by atoms with Crippen molar-refractivity contribution in [2.45, 2.75) is 26.8 Å². The number of nitrogens with zero attached hydrogens (tertiary/aromatic N) is 5. The van der Waals surface area contributed by atoms with Crippen molar-refractivity contribution in [1.29, 1.82) is 0 Å². The number of rotatable bonds is 5. The third-order valence-corrected chi connectivity index (χ3v) is 6.88. The summed E-state index contributed by atoms with van der Waals surface area (Å²) in [6, 6.07) is 17.2. The van der Waals surface area contributed by atoms with E-state index in [0.717, 1.165) is 22.2 Å². The van der Waals surface area contributed by atoms with E-state index < -0.39 is 0 Å². The third-order valence-electron chi connectivity index (χ3n) is 6.88. The Morgan fingerprint density at radius 3 is 2.30 bits per heavy atom. The van der Waals surface area contributed by atoms with Gasteiger partial charge in [0.2, 0.25) is 0 Å². The maximum absolute atomic E-state index is 13.8. The van der Waals surface area contributed by atoms with Crippen LogP contribution in [0.15, 0.2) is 60.8 Å². The number of hydrogen-bond donors (Lipinski definition) is 0. The molecular weight excluding hydrogens is 466 g/mol. The zero-order valence-electron chi connectivity index (χ0n) is 21.6. The van der Waals surface area contributed by atoms with E-state index in [0.29, 0.717) is 48.7 Å². The molecule has 190 valence electrons. The first-order valence-electron chi connectivity index (χ1n) is 12.5. The minimum absolute atomic E-state index is 0.0580. The van der Waals surface area contributed by atoms with Crippen molar-refractivity contribution < 1.29 is 14.3 Å². The number of methoxy groups -OCH3 is 1. The maximum Gasteiger partial charge on any atom is 0.254 e.